The van der Waals surface area contributed by atoms with Gasteiger partial charge in [-0.05, 0) is 69.4 Å². The van der Waals surface area contributed by atoms with Crippen LogP contribution in [0.3, 0.4) is 0 Å². The molecule has 0 spiro atoms. The van der Waals surface area contributed by atoms with E-state index in [1.165, 1.54) is 11.3 Å². The molecular formula is C16H22N2O2S2. The molecule has 0 atom stereocenters. The summed E-state index contributed by atoms with van der Waals surface area (Å²) in [6, 6.07) is 0. The fourth-order valence-corrected chi connectivity index (χ4v) is 4.81. The average molecular weight is 338 g/mol. The van der Waals surface area contributed by atoms with E-state index < -0.39 is 10.0 Å². The molecule has 6 heteroatoms. The van der Waals surface area contributed by atoms with Crippen LogP contribution in [0.25, 0.3) is 0 Å². The number of hydrogen-bond acceptors (Lipinski definition) is 4. The third-order valence-electron chi connectivity index (χ3n) is 4.31. The standard InChI is InChI=1S/C16H22N2O2S2/c1-9-10(2)12(4)16(13(5)11(9)3)22(19,20)17-7-15-8-21-14(6)18-15/h8,17H,7H2,1-6H3. The minimum atomic E-state index is -3.56. The number of thiazole rings is 1. The van der Waals surface area contributed by atoms with Gasteiger partial charge in [-0.3, -0.25) is 0 Å². The van der Waals surface area contributed by atoms with Crippen molar-refractivity contribution in [1.82, 2.24) is 9.71 Å². The van der Waals surface area contributed by atoms with Crippen molar-refractivity contribution in [3.8, 4) is 0 Å². The minimum Gasteiger partial charge on any atom is -0.245 e. The molecule has 1 aromatic carbocycles. The van der Waals surface area contributed by atoms with Crippen molar-refractivity contribution in [2.45, 2.75) is 53.0 Å². The Morgan fingerprint density at radius 3 is 1.91 bits per heavy atom. The van der Waals surface area contributed by atoms with Crippen LogP contribution in [-0.4, -0.2) is 13.4 Å². The molecule has 120 valence electrons. The lowest BCUT2D eigenvalue weighted by atomic mass is 9.95. The fourth-order valence-electron chi connectivity index (χ4n) is 2.60. The number of aryl methyl sites for hydroxylation is 1. The van der Waals surface area contributed by atoms with E-state index in [2.05, 4.69) is 9.71 Å². The molecule has 1 aromatic heterocycles. The van der Waals surface area contributed by atoms with Crippen LogP contribution in [-0.2, 0) is 16.6 Å². The molecule has 0 bridgehead atoms. The molecule has 1 heterocycles. The summed E-state index contributed by atoms with van der Waals surface area (Å²) in [6.45, 7) is 11.8. The molecule has 1 N–H and O–H groups in total. The van der Waals surface area contributed by atoms with Gasteiger partial charge < -0.3 is 0 Å². The molecule has 2 aromatic rings. The van der Waals surface area contributed by atoms with Crippen LogP contribution in [0.1, 0.15) is 38.5 Å². The summed E-state index contributed by atoms with van der Waals surface area (Å²) in [5.41, 5.74) is 5.62. The third-order valence-corrected chi connectivity index (χ3v) is 6.81. The Kier molecular flexibility index (Phi) is 4.75. The Morgan fingerprint density at radius 2 is 1.45 bits per heavy atom. The zero-order chi connectivity index (χ0) is 16.7. The molecule has 22 heavy (non-hydrogen) atoms. The Bertz CT molecular complexity index is 792. The SMILES string of the molecule is Cc1nc(CNS(=O)(=O)c2c(C)c(C)c(C)c(C)c2C)cs1. The van der Waals surface area contributed by atoms with Crippen LogP contribution >= 0.6 is 11.3 Å². The van der Waals surface area contributed by atoms with Gasteiger partial charge in [0.2, 0.25) is 10.0 Å². The van der Waals surface area contributed by atoms with E-state index in [9.17, 15) is 8.42 Å². The predicted octanol–water partition coefficient (Wildman–Crippen LogP) is 3.47. The van der Waals surface area contributed by atoms with Crippen molar-refractivity contribution < 1.29 is 8.42 Å². The minimum absolute atomic E-state index is 0.220. The van der Waals surface area contributed by atoms with Crippen molar-refractivity contribution in [2.75, 3.05) is 0 Å². The van der Waals surface area contributed by atoms with E-state index in [0.29, 0.717) is 4.90 Å². The van der Waals surface area contributed by atoms with Crippen LogP contribution in [0.4, 0.5) is 0 Å². The van der Waals surface area contributed by atoms with Gasteiger partial charge in [-0.15, -0.1) is 11.3 Å². The first kappa shape index (κ1) is 17.1. The zero-order valence-electron chi connectivity index (χ0n) is 13.9. The molecule has 0 radical (unpaired) electrons. The molecule has 0 aliphatic carbocycles. The van der Waals surface area contributed by atoms with E-state index in [-0.39, 0.29) is 6.54 Å². The highest BCUT2D eigenvalue weighted by Crippen LogP contribution is 2.29. The summed E-state index contributed by atoms with van der Waals surface area (Å²) >= 11 is 1.52. The highest BCUT2D eigenvalue weighted by molar-refractivity contribution is 7.89. The van der Waals surface area contributed by atoms with Gasteiger partial charge in [-0.1, -0.05) is 0 Å². The molecule has 0 aliphatic heterocycles. The van der Waals surface area contributed by atoms with E-state index in [1.807, 2.05) is 46.9 Å². The van der Waals surface area contributed by atoms with Gasteiger partial charge in [0.05, 0.1) is 22.1 Å². The van der Waals surface area contributed by atoms with Crippen molar-refractivity contribution in [2.24, 2.45) is 0 Å². The van der Waals surface area contributed by atoms with Crippen molar-refractivity contribution in [1.29, 1.82) is 0 Å². The lowest BCUT2D eigenvalue weighted by molar-refractivity contribution is 0.579. The number of aromatic nitrogens is 1. The molecule has 0 saturated carbocycles. The number of rotatable bonds is 4. The Hall–Kier alpha value is -1.24. The lowest BCUT2D eigenvalue weighted by Crippen LogP contribution is -2.26. The fraction of sp³-hybridized carbons (Fsp3) is 0.438. The van der Waals surface area contributed by atoms with E-state index in [1.54, 1.807) is 0 Å². The first-order valence-electron chi connectivity index (χ1n) is 7.12. The van der Waals surface area contributed by atoms with E-state index in [0.717, 1.165) is 38.5 Å². The molecule has 0 fully saturated rings. The summed E-state index contributed by atoms with van der Waals surface area (Å²) in [6.07, 6.45) is 0. The predicted molar refractivity (Wildman–Crippen MR) is 91.0 cm³/mol. The lowest BCUT2D eigenvalue weighted by Gasteiger charge is -2.18. The molecule has 2 rings (SSSR count). The molecule has 0 saturated heterocycles. The Balaban J connectivity index is 2.41. The molecule has 0 aliphatic rings. The second-order valence-corrected chi connectivity index (χ2v) is 8.40. The average Bonchev–Trinajstić information content (AvgIpc) is 2.87. The van der Waals surface area contributed by atoms with Gasteiger partial charge >= 0.3 is 0 Å². The van der Waals surface area contributed by atoms with E-state index in [4.69, 9.17) is 0 Å². The zero-order valence-corrected chi connectivity index (χ0v) is 15.5. The topological polar surface area (TPSA) is 59.1 Å². The maximum absolute atomic E-state index is 12.7. The second kappa shape index (κ2) is 6.10. The van der Waals surface area contributed by atoms with Gasteiger partial charge in [0.25, 0.3) is 0 Å². The maximum atomic E-state index is 12.7. The summed E-state index contributed by atoms with van der Waals surface area (Å²) in [5, 5.41) is 2.81. The quantitative estimate of drug-likeness (QED) is 0.928. The number of nitrogens with zero attached hydrogens (tertiary/aromatic N) is 1. The highest BCUT2D eigenvalue weighted by atomic mass is 32.2. The summed E-state index contributed by atoms with van der Waals surface area (Å²) in [5.74, 6) is 0. The third kappa shape index (κ3) is 3.09. The Morgan fingerprint density at radius 1 is 0.955 bits per heavy atom. The van der Waals surface area contributed by atoms with Crippen LogP contribution in [0.5, 0.6) is 0 Å². The summed E-state index contributed by atoms with van der Waals surface area (Å²) in [7, 11) is -3.56. The van der Waals surface area contributed by atoms with Gasteiger partial charge in [-0.2, -0.15) is 0 Å². The summed E-state index contributed by atoms with van der Waals surface area (Å²) < 4.78 is 28.1. The monoisotopic (exact) mass is 338 g/mol. The maximum Gasteiger partial charge on any atom is 0.241 e. The van der Waals surface area contributed by atoms with Crippen molar-refractivity contribution in [3.05, 3.63) is 43.9 Å². The molecular weight excluding hydrogens is 316 g/mol. The largest absolute Gasteiger partial charge is 0.245 e. The van der Waals surface area contributed by atoms with Gasteiger partial charge in [0.15, 0.2) is 0 Å². The van der Waals surface area contributed by atoms with Crippen molar-refractivity contribution in [3.63, 3.8) is 0 Å². The van der Waals surface area contributed by atoms with Crippen molar-refractivity contribution >= 4 is 21.4 Å². The van der Waals surface area contributed by atoms with Crippen LogP contribution in [0.2, 0.25) is 0 Å². The number of nitrogens with one attached hydrogen (secondary N) is 1. The highest BCUT2D eigenvalue weighted by Gasteiger charge is 2.23. The number of benzene rings is 1. The van der Waals surface area contributed by atoms with Crippen LogP contribution in [0.15, 0.2) is 10.3 Å². The van der Waals surface area contributed by atoms with Crippen LogP contribution in [0, 0.1) is 41.5 Å². The molecule has 0 unspecified atom stereocenters. The Labute approximate surface area is 136 Å². The van der Waals surface area contributed by atoms with Gasteiger partial charge in [-0.25, -0.2) is 18.1 Å². The van der Waals surface area contributed by atoms with Gasteiger partial charge in [0.1, 0.15) is 0 Å². The first-order chi connectivity index (χ1) is 10.1. The smallest absolute Gasteiger partial charge is 0.241 e. The second-order valence-electron chi connectivity index (χ2n) is 5.64. The van der Waals surface area contributed by atoms with E-state index >= 15 is 0 Å². The van der Waals surface area contributed by atoms with Gasteiger partial charge in [0, 0.05) is 5.38 Å². The number of sulfonamides is 1. The number of hydrogen-bond donors (Lipinski definition) is 1. The molecule has 4 nitrogen and oxygen atoms in total. The summed E-state index contributed by atoms with van der Waals surface area (Å²) in [4.78, 5) is 4.70. The molecule has 0 amide bonds. The van der Waals surface area contributed by atoms with Crippen LogP contribution < -0.4 is 4.72 Å². The first-order valence-corrected chi connectivity index (χ1v) is 9.49. The normalized spacial score (nSPS) is 11.9.